The summed E-state index contributed by atoms with van der Waals surface area (Å²) in [7, 11) is 0. The van der Waals surface area contributed by atoms with Gasteiger partial charge in [-0.3, -0.25) is 0 Å². The first-order valence-corrected chi connectivity index (χ1v) is 7.38. The first-order valence-electron chi connectivity index (χ1n) is 6.61. The van der Waals surface area contributed by atoms with Crippen LogP contribution in [0.3, 0.4) is 0 Å². The smallest absolute Gasteiger partial charge is 0.202 e. The van der Waals surface area contributed by atoms with Gasteiger partial charge in [0.2, 0.25) is 5.13 Å². The molecular weight excluding hydrogens is 273 g/mol. The normalized spacial score (nSPS) is 11.7. The van der Waals surface area contributed by atoms with E-state index in [0.717, 1.165) is 16.5 Å². The summed E-state index contributed by atoms with van der Waals surface area (Å²) in [5.74, 6) is 0.719. The number of halogens is 1. The molecule has 0 aliphatic carbocycles. The van der Waals surface area contributed by atoms with Gasteiger partial charge in [-0.05, 0) is 30.5 Å². The fourth-order valence-corrected chi connectivity index (χ4v) is 2.67. The Morgan fingerprint density at radius 1 is 1.20 bits per heavy atom. The van der Waals surface area contributed by atoms with E-state index in [0.29, 0.717) is 17.7 Å². The fourth-order valence-electron chi connectivity index (χ4n) is 1.92. The molecule has 1 aromatic carbocycles. The third kappa shape index (κ3) is 3.33. The van der Waals surface area contributed by atoms with Gasteiger partial charge in [0.15, 0.2) is 0 Å². The molecule has 0 bridgehead atoms. The maximum Gasteiger partial charge on any atom is 0.202 e. The minimum Gasteiger partial charge on any atom is -0.356 e. The molecule has 1 N–H and O–H groups in total. The zero-order valence-corrected chi connectivity index (χ0v) is 13.4. The highest BCUT2D eigenvalue weighted by molar-refractivity contribution is 7.09. The van der Waals surface area contributed by atoms with Crippen molar-refractivity contribution in [2.45, 2.75) is 46.6 Å². The Morgan fingerprint density at radius 3 is 2.30 bits per heavy atom. The number of aryl methyl sites for hydroxylation is 2. The van der Waals surface area contributed by atoms with E-state index < -0.39 is 0 Å². The average molecular weight is 293 g/mol. The molecule has 0 saturated carbocycles. The van der Waals surface area contributed by atoms with Crippen LogP contribution in [-0.4, -0.2) is 9.36 Å². The number of aromatic nitrogens is 2. The van der Waals surface area contributed by atoms with Crippen LogP contribution in [0.2, 0.25) is 0 Å². The molecule has 1 heterocycles. The zero-order chi connectivity index (χ0) is 14.9. The summed E-state index contributed by atoms with van der Waals surface area (Å²) < 4.78 is 17.9. The number of hydrogen-bond donors (Lipinski definition) is 1. The van der Waals surface area contributed by atoms with E-state index in [1.807, 2.05) is 12.1 Å². The van der Waals surface area contributed by atoms with Gasteiger partial charge in [-0.15, -0.1) is 0 Å². The highest BCUT2D eigenvalue weighted by Gasteiger charge is 2.19. The molecule has 2 rings (SSSR count). The molecule has 2 aromatic rings. The lowest BCUT2D eigenvalue weighted by Gasteiger charge is -2.12. The molecule has 0 aliphatic rings. The zero-order valence-electron chi connectivity index (χ0n) is 12.5. The Balaban J connectivity index is 2.08. The van der Waals surface area contributed by atoms with E-state index in [2.05, 4.69) is 35.4 Å². The third-order valence-electron chi connectivity index (χ3n) is 3.04. The summed E-state index contributed by atoms with van der Waals surface area (Å²) in [6.07, 6.45) is 0. The van der Waals surface area contributed by atoms with Gasteiger partial charge in [0, 0.05) is 23.5 Å². The number of anilines is 1. The molecule has 0 amide bonds. The van der Waals surface area contributed by atoms with E-state index in [4.69, 9.17) is 0 Å². The Labute approximate surface area is 123 Å². The van der Waals surface area contributed by atoms with E-state index in [1.54, 1.807) is 13.8 Å². The second-order valence-corrected chi connectivity index (χ2v) is 6.82. The first kappa shape index (κ1) is 14.9. The molecule has 5 heteroatoms. The predicted octanol–water partition coefficient (Wildman–Crippen LogP) is 4.20. The van der Waals surface area contributed by atoms with Gasteiger partial charge in [0.1, 0.15) is 11.6 Å². The summed E-state index contributed by atoms with van der Waals surface area (Å²) >= 11 is 1.36. The van der Waals surface area contributed by atoms with Crippen LogP contribution in [-0.2, 0) is 12.0 Å². The molecule has 0 aliphatic heterocycles. The second-order valence-electron chi connectivity index (χ2n) is 6.07. The summed E-state index contributed by atoms with van der Waals surface area (Å²) in [6, 6.07) is 3.72. The number of nitrogens with zero attached hydrogens (tertiary/aromatic N) is 2. The average Bonchev–Trinajstić information content (AvgIpc) is 2.82. The van der Waals surface area contributed by atoms with Crippen molar-refractivity contribution in [3.05, 3.63) is 40.5 Å². The van der Waals surface area contributed by atoms with Crippen LogP contribution in [0.25, 0.3) is 0 Å². The SMILES string of the molecule is Cc1cc(CNc2nc(C(C)(C)C)ns2)cc(C)c1F. The third-order valence-corrected chi connectivity index (χ3v) is 3.71. The number of nitrogens with one attached hydrogen (secondary N) is 1. The van der Waals surface area contributed by atoms with E-state index in [9.17, 15) is 4.39 Å². The van der Waals surface area contributed by atoms with Crippen LogP contribution >= 0.6 is 11.5 Å². The van der Waals surface area contributed by atoms with Gasteiger partial charge in [0.25, 0.3) is 0 Å². The lowest BCUT2D eigenvalue weighted by atomic mass is 9.96. The van der Waals surface area contributed by atoms with Crippen LogP contribution < -0.4 is 5.32 Å². The van der Waals surface area contributed by atoms with Crippen molar-refractivity contribution in [3.8, 4) is 0 Å². The Hall–Kier alpha value is -1.49. The summed E-state index contributed by atoms with van der Waals surface area (Å²) in [6.45, 7) is 10.5. The molecule has 20 heavy (non-hydrogen) atoms. The van der Waals surface area contributed by atoms with E-state index >= 15 is 0 Å². The first-order chi connectivity index (χ1) is 9.27. The molecule has 0 unspecified atom stereocenters. The number of hydrogen-bond acceptors (Lipinski definition) is 4. The van der Waals surface area contributed by atoms with Gasteiger partial charge in [-0.25, -0.2) is 9.37 Å². The number of benzene rings is 1. The van der Waals surface area contributed by atoms with Crippen LogP contribution in [0.5, 0.6) is 0 Å². The van der Waals surface area contributed by atoms with Crippen LogP contribution in [0, 0.1) is 19.7 Å². The van der Waals surface area contributed by atoms with Crippen molar-refractivity contribution >= 4 is 16.7 Å². The standard InChI is InChI=1S/C15H20FN3S/c1-9-6-11(7-10(2)12(9)16)8-17-14-18-13(19-20-14)15(3,4)5/h6-7H,8H2,1-5H3,(H,17,18,19). The van der Waals surface area contributed by atoms with Crippen molar-refractivity contribution in [2.24, 2.45) is 0 Å². The minimum absolute atomic E-state index is 0.0422. The van der Waals surface area contributed by atoms with Gasteiger partial charge in [-0.1, -0.05) is 32.9 Å². The van der Waals surface area contributed by atoms with Crippen LogP contribution in [0.15, 0.2) is 12.1 Å². The molecule has 0 saturated heterocycles. The quantitative estimate of drug-likeness (QED) is 0.921. The van der Waals surface area contributed by atoms with Crippen molar-refractivity contribution in [1.82, 2.24) is 9.36 Å². The summed E-state index contributed by atoms with van der Waals surface area (Å²) in [4.78, 5) is 4.48. The van der Waals surface area contributed by atoms with Gasteiger partial charge >= 0.3 is 0 Å². The molecular formula is C15H20FN3S. The minimum atomic E-state index is -0.125. The van der Waals surface area contributed by atoms with Crippen LogP contribution in [0.4, 0.5) is 9.52 Å². The van der Waals surface area contributed by atoms with Crippen molar-refractivity contribution < 1.29 is 4.39 Å². The predicted molar refractivity (Wildman–Crippen MR) is 81.8 cm³/mol. The molecule has 108 valence electrons. The van der Waals surface area contributed by atoms with Crippen molar-refractivity contribution in [1.29, 1.82) is 0 Å². The van der Waals surface area contributed by atoms with Crippen molar-refractivity contribution in [3.63, 3.8) is 0 Å². The lowest BCUT2D eigenvalue weighted by Crippen LogP contribution is -2.13. The molecule has 3 nitrogen and oxygen atoms in total. The van der Waals surface area contributed by atoms with E-state index in [1.165, 1.54) is 11.5 Å². The van der Waals surface area contributed by atoms with Crippen LogP contribution in [0.1, 0.15) is 43.3 Å². The highest BCUT2D eigenvalue weighted by Crippen LogP contribution is 2.23. The highest BCUT2D eigenvalue weighted by atomic mass is 32.1. The number of rotatable bonds is 3. The molecule has 0 fully saturated rings. The monoisotopic (exact) mass is 293 g/mol. The van der Waals surface area contributed by atoms with Crippen molar-refractivity contribution in [2.75, 3.05) is 5.32 Å². The molecule has 0 spiro atoms. The Bertz CT molecular complexity index is 591. The maximum atomic E-state index is 13.6. The van der Waals surface area contributed by atoms with Gasteiger partial charge < -0.3 is 5.32 Å². The second kappa shape index (κ2) is 5.48. The van der Waals surface area contributed by atoms with Gasteiger partial charge in [-0.2, -0.15) is 4.37 Å². The van der Waals surface area contributed by atoms with Gasteiger partial charge in [0.05, 0.1) is 0 Å². The topological polar surface area (TPSA) is 37.8 Å². The maximum absolute atomic E-state index is 13.6. The molecule has 1 aromatic heterocycles. The Morgan fingerprint density at radius 2 is 1.80 bits per heavy atom. The molecule has 0 radical (unpaired) electrons. The van der Waals surface area contributed by atoms with E-state index in [-0.39, 0.29) is 11.2 Å². The summed E-state index contributed by atoms with van der Waals surface area (Å²) in [5, 5.41) is 4.05. The molecule has 0 atom stereocenters. The largest absolute Gasteiger partial charge is 0.356 e. The fraction of sp³-hybridized carbons (Fsp3) is 0.467. The summed E-state index contributed by atoms with van der Waals surface area (Å²) in [5.41, 5.74) is 2.36. The lowest BCUT2D eigenvalue weighted by molar-refractivity contribution is 0.555. The Kier molecular flexibility index (Phi) is 4.09.